The van der Waals surface area contributed by atoms with Crippen molar-refractivity contribution in [1.82, 2.24) is 10.2 Å². The number of halogens is 2. The van der Waals surface area contributed by atoms with E-state index in [1.807, 2.05) is 0 Å². The van der Waals surface area contributed by atoms with Crippen LogP contribution in [0.5, 0.6) is 0 Å². The highest BCUT2D eigenvalue weighted by Gasteiger charge is 2.31. The normalized spacial score (nSPS) is 22.5. The molecule has 1 amide bonds. The van der Waals surface area contributed by atoms with Crippen molar-refractivity contribution in [3.05, 3.63) is 35.6 Å². The smallest absolute Gasteiger partial charge is 0.237 e. The van der Waals surface area contributed by atoms with Gasteiger partial charge in [-0.15, -0.1) is 12.4 Å². The number of nitrogens with one attached hydrogen (secondary N) is 1. The number of hydrogen-bond donors (Lipinski definition) is 2. The molecule has 1 heterocycles. The number of amides is 1. The van der Waals surface area contributed by atoms with Gasteiger partial charge in [-0.2, -0.15) is 0 Å². The first-order valence-electron chi connectivity index (χ1n) is 8.65. The average Bonchev–Trinajstić information content (AvgIpc) is 3.40. The van der Waals surface area contributed by atoms with Crippen molar-refractivity contribution in [1.29, 1.82) is 0 Å². The van der Waals surface area contributed by atoms with Gasteiger partial charge in [0.25, 0.3) is 0 Å². The quantitative estimate of drug-likeness (QED) is 0.824. The zero-order valence-corrected chi connectivity index (χ0v) is 14.7. The minimum Gasteiger partial charge on any atom is -0.353 e. The molecule has 2 aliphatic rings. The zero-order valence-electron chi connectivity index (χ0n) is 13.9. The van der Waals surface area contributed by atoms with Crippen LogP contribution in [0.25, 0.3) is 0 Å². The fourth-order valence-corrected chi connectivity index (χ4v) is 3.33. The molecule has 1 saturated carbocycles. The monoisotopic (exact) mass is 355 g/mol. The van der Waals surface area contributed by atoms with Gasteiger partial charge in [-0.1, -0.05) is 18.6 Å². The number of carbonyl (C=O) groups is 1. The summed E-state index contributed by atoms with van der Waals surface area (Å²) in [7, 11) is 0. The minimum atomic E-state index is -0.226. The summed E-state index contributed by atoms with van der Waals surface area (Å²) in [6.07, 6.45) is 5.44. The van der Waals surface area contributed by atoms with Gasteiger partial charge in [0.15, 0.2) is 0 Å². The minimum absolute atomic E-state index is 0. The standard InChI is InChI=1S/C18H26FN3O.ClH/c19-15-8-4-13(5-9-15)12-22-10-2-1-3-17(22)18(23)21-11-16(20)14-6-7-14;/h4-5,8-9,14,16-17H,1-3,6-7,10-12,20H2,(H,21,23);1H. The predicted molar refractivity (Wildman–Crippen MR) is 95.4 cm³/mol. The van der Waals surface area contributed by atoms with Gasteiger partial charge in [0, 0.05) is 19.1 Å². The Kier molecular flexibility index (Phi) is 7.02. The van der Waals surface area contributed by atoms with Gasteiger partial charge in [-0.25, -0.2) is 4.39 Å². The molecule has 1 aromatic carbocycles. The first-order chi connectivity index (χ1) is 11.1. The van der Waals surface area contributed by atoms with E-state index in [2.05, 4.69) is 10.2 Å². The van der Waals surface area contributed by atoms with Crippen molar-refractivity contribution in [3.8, 4) is 0 Å². The second-order valence-electron chi connectivity index (χ2n) is 6.85. The van der Waals surface area contributed by atoms with Crippen molar-refractivity contribution in [2.45, 2.75) is 50.7 Å². The van der Waals surface area contributed by atoms with Crippen LogP contribution in [0.1, 0.15) is 37.7 Å². The summed E-state index contributed by atoms with van der Waals surface area (Å²) in [5, 5.41) is 3.03. The van der Waals surface area contributed by atoms with Crippen LogP contribution in [0.15, 0.2) is 24.3 Å². The van der Waals surface area contributed by atoms with Gasteiger partial charge < -0.3 is 11.1 Å². The van der Waals surface area contributed by atoms with E-state index in [1.54, 1.807) is 12.1 Å². The van der Waals surface area contributed by atoms with E-state index in [0.29, 0.717) is 19.0 Å². The number of piperidine rings is 1. The molecule has 2 fully saturated rings. The molecular formula is C18H27ClFN3O. The van der Waals surface area contributed by atoms with Gasteiger partial charge in [0.05, 0.1) is 6.04 Å². The number of carbonyl (C=O) groups excluding carboxylic acids is 1. The summed E-state index contributed by atoms with van der Waals surface area (Å²) in [5.41, 5.74) is 7.11. The van der Waals surface area contributed by atoms with Crippen LogP contribution in [0.2, 0.25) is 0 Å². The lowest BCUT2D eigenvalue weighted by atomic mass is 10.00. The second-order valence-corrected chi connectivity index (χ2v) is 6.85. The second kappa shape index (κ2) is 8.79. The molecule has 134 valence electrons. The van der Waals surface area contributed by atoms with E-state index in [0.717, 1.165) is 31.4 Å². The molecule has 0 aromatic heterocycles. The SMILES string of the molecule is Cl.NC(CNC(=O)C1CCCCN1Cc1ccc(F)cc1)C1CC1. The fraction of sp³-hybridized carbons (Fsp3) is 0.611. The van der Waals surface area contributed by atoms with E-state index in [1.165, 1.54) is 25.0 Å². The molecule has 4 nitrogen and oxygen atoms in total. The molecule has 2 unspecified atom stereocenters. The van der Waals surface area contributed by atoms with Gasteiger partial charge in [0.1, 0.15) is 5.82 Å². The Morgan fingerprint density at radius 2 is 1.96 bits per heavy atom. The molecule has 1 aliphatic heterocycles. The Morgan fingerprint density at radius 1 is 1.25 bits per heavy atom. The lowest BCUT2D eigenvalue weighted by Gasteiger charge is -2.35. The molecule has 2 atom stereocenters. The first kappa shape index (κ1) is 19.2. The van der Waals surface area contributed by atoms with Crippen LogP contribution in [0.3, 0.4) is 0 Å². The highest BCUT2D eigenvalue weighted by atomic mass is 35.5. The summed E-state index contributed by atoms with van der Waals surface area (Å²) in [5.74, 6) is 0.454. The number of benzene rings is 1. The Balaban J connectivity index is 0.00000208. The maximum atomic E-state index is 13.0. The fourth-order valence-electron chi connectivity index (χ4n) is 3.33. The van der Waals surface area contributed by atoms with E-state index in [4.69, 9.17) is 5.73 Å². The zero-order chi connectivity index (χ0) is 16.2. The van der Waals surface area contributed by atoms with Crippen LogP contribution in [0.4, 0.5) is 4.39 Å². The predicted octanol–water partition coefficient (Wildman–Crippen LogP) is 2.46. The lowest BCUT2D eigenvalue weighted by Crippen LogP contribution is -2.51. The highest BCUT2D eigenvalue weighted by Crippen LogP contribution is 2.31. The lowest BCUT2D eigenvalue weighted by molar-refractivity contribution is -0.128. The number of nitrogens with two attached hydrogens (primary N) is 1. The largest absolute Gasteiger partial charge is 0.353 e. The van der Waals surface area contributed by atoms with Crippen LogP contribution in [-0.4, -0.2) is 36.0 Å². The summed E-state index contributed by atoms with van der Waals surface area (Å²) in [6.45, 7) is 2.17. The summed E-state index contributed by atoms with van der Waals surface area (Å²) >= 11 is 0. The Hall–Kier alpha value is -1.17. The van der Waals surface area contributed by atoms with Crippen LogP contribution >= 0.6 is 12.4 Å². The summed E-state index contributed by atoms with van der Waals surface area (Å²) < 4.78 is 13.0. The maximum absolute atomic E-state index is 13.0. The van der Waals surface area contributed by atoms with Crippen molar-refractivity contribution < 1.29 is 9.18 Å². The van der Waals surface area contributed by atoms with Crippen LogP contribution < -0.4 is 11.1 Å². The van der Waals surface area contributed by atoms with Crippen molar-refractivity contribution in [2.75, 3.05) is 13.1 Å². The van der Waals surface area contributed by atoms with Crippen LogP contribution in [0, 0.1) is 11.7 Å². The Morgan fingerprint density at radius 3 is 2.62 bits per heavy atom. The molecule has 6 heteroatoms. The average molecular weight is 356 g/mol. The molecule has 0 bridgehead atoms. The highest BCUT2D eigenvalue weighted by molar-refractivity contribution is 5.85. The van der Waals surface area contributed by atoms with Gasteiger partial charge in [-0.05, 0) is 55.8 Å². The van der Waals surface area contributed by atoms with Crippen molar-refractivity contribution >= 4 is 18.3 Å². The van der Waals surface area contributed by atoms with Gasteiger partial charge >= 0.3 is 0 Å². The number of hydrogen-bond acceptors (Lipinski definition) is 3. The van der Waals surface area contributed by atoms with Gasteiger partial charge in [0.2, 0.25) is 5.91 Å². The molecule has 1 aromatic rings. The van der Waals surface area contributed by atoms with E-state index in [-0.39, 0.29) is 36.2 Å². The Bertz CT molecular complexity index is 536. The third-order valence-corrected chi connectivity index (χ3v) is 4.95. The number of rotatable bonds is 6. The molecule has 0 radical (unpaired) electrons. The van der Waals surface area contributed by atoms with Crippen molar-refractivity contribution in [3.63, 3.8) is 0 Å². The maximum Gasteiger partial charge on any atom is 0.237 e. The third kappa shape index (κ3) is 5.16. The molecule has 3 rings (SSSR count). The Labute approximate surface area is 149 Å². The molecule has 0 spiro atoms. The van der Waals surface area contributed by atoms with Crippen LogP contribution in [-0.2, 0) is 11.3 Å². The summed E-state index contributed by atoms with van der Waals surface area (Å²) in [6, 6.07) is 6.53. The van der Waals surface area contributed by atoms with E-state index >= 15 is 0 Å². The molecule has 1 saturated heterocycles. The molecule has 1 aliphatic carbocycles. The van der Waals surface area contributed by atoms with Crippen molar-refractivity contribution in [2.24, 2.45) is 11.7 Å². The topological polar surface area (TPSA) is 58.4 Å². The first-order valence-corrected chi connectivity index (χ1v) is 8.65. The number of likely N-dealkylation sites (tertiary alicyclic amines) is 1. The molecule has 3 N–H and O–H groups in total. The summed E-state index contributed by atoms with van der Waals surface area (Å²) in [4.78, 5) is 14.7. The number of nitrogens with zero attached hydrogens (tertiary/aromatic N) is 1. The molecular weight excluding hydrogens is 329 g/mol. The molecule has 24 heavy (non-hydrogen) atoms. The van der Waals surface area contributed by atoms with Gasteiger partial charge in [-0.3, -0.25) is 9.69 Å². The van der Waals surface area contributed by atoms with E-state index < -0.39 is 0 Å². The third-order valence-electron chi connectivity index (χ3n) is 4.95. The van der Waals surface area contributed by atoms with E-state index in [9.17, 15) is 9.18 Å².